The fourth-order valence-electron chi connectivity index (χ4n) is 4.84. The highest BCUT2D eigenvalue weighted by Crippen LogP contribution is 2.35. The summed E-state index contributed by atoms with van der Waals surface area (Å²) in [5.41, 5.74) is 6.50. The predicted octanol–water partition coefficient (Wildman–Crippen LogP) is 4.78. The third kappa shape index (κ3) is 3.89. The number of nitrogens with zero attached hydrogens (tertiary/aromatic N) is 6. The van der Waals surface area contributed by atoms with Crippen LogP contribution >= 0.6 is 0 Å². The van der Waals surface area contributed by atoms with Crippen LogP contribution in [0.3, 0.4) is 0 Å². The van der Waals surface area contributed by atoms with Gasteiger partial charge in [0.15, 0.2) is 5.65 Å². The molecule has 8 heteroatoms. The van der Waals surface area contributed by atoms with Crippen LogP contribution in [0.4, 0.5) is 10.1 Å². The Morgan fingerprint density at radius 3 is 2.71 bits per heavy atom. The maximum atomic E-state index is 15.3. The van der Waals surface area contributed by atoms with Gasteiger partial charge in [0, 0.05) is 48.0 Å². The molecule has 5 aromatic rings. The summed E-state index contributed by atoms with van der Waals surface area (Å²) in [5.74, 6) is -0.337. The number of anilines is 1. The Labute approximate surface area is 202 Å². The Morgan fingerprint density at radius 1 is 1.00 bits per heavy atom. The number of halogens is 1. The molecule has 6 rings (SSSR count). The van der Waals surface area contributed by atoms with Gasteiger partial charge >= 0.3 is 0 Å². The molecule has 1 aliphatic heterocycles. The van der Waals surface area contributed by atoms with E-state index in [-0.39, 0.29) is 11.7 Å². The molecule has 0 N–H and O–H groups in total. The van der Waals surface area contributed by atoms with E-state index in [2.05, 4.69) is 32.8 Å². The Balaban J connectivity index is 1.42. The van der Waals surface area contributed by atoms with Crippen LogP contribution in [0.5, 0.6) is 0 Å². The van der Waals surface area contributed by atoms with Crippen molar-refractivity contribution in [2.75, 3.05) is 31.2 Å². The van der Waals surface area contributed by atoms with E-state index < -0.39 is 0 Å². The smallest absolute Gasteiger partial charge is 0.153 e. The number of aryl methyl sites for hydroxylation is 1. The van der Waals surface area contributed by atoms with Crippen molar-refractivity contribution < 1.29 is 9.13 Å². The molecule has 35 heavy (non-hydrogen) atoms. The summed E-state index contributed by atoms with van der Waals surface area (Å²) in [6.07, 6.45) is 5.06. The number of imidazole rings is 1. The molecule has 0 radical (unpaired) electrons. The maximum Gasteiger partial charge on any atom is 0.153 e. The topological polar surface area (TPSA) is 68.4 Å². The summed E-state index contributed by atoms with van der Waals surface area (Å²) in [6.45, 7) is 7.13. The number of morpholine rings is 1. The van der Waals surface area contributed by atoms with Crippen LogP contribution in [-0.4, -0.2) is 50.9 Å². The number of benzene rings is 2. The lowest BCUT2D eigenvalue weighted by Gasteiger charge is -2.29. The van der Waals surface area contributed by atoms with Crippen molar-refractivity contribution in [3.63, 3.8) is 0 Å². The number of aromatic nitrogens is 5. The molecule has 0 bridgehead atoms. The fourth-order valence-corrected chi connectivity index (χ4v) is 4.84. The summed E-state index contributed by atoms with van der Waals surface area (Å²) < 4.78 is 22.6. The van der Waals surface area contributed by atoms with Crippen LogP contribution in [0.1, 0.15) is 29.7 Å². The van der Waals surface area contributed by atoms with Gasteiger partial charge in [-0.1, -0.05) is 6.92 Å². The lowest BCUT2D eigenvalue weighted by Crippen LogP contribution is -2.36. The molecule has 1 unspecified atom stereocenters. The number of hydrogen-bond donors (Lipinski definition) is 0. The molecule has 1 aliphatic rings. The van der Waals surface area contributed by atoms with Crippen LogP contribution < -0.4 is 4.90 Å². The average Bonchev–Trinajstić information content (AvgIpc) is 3.36. The van der Waals surface area contributed by atoms with E-state index >= 15 is 4.39 Å². The molecular formula is C27H25FN6O. The zero-order valence-electron chi connectivity index (χ0n) is 19.6. The SMILES string of the molecule is Cc1cc(F)c(-c2ncnc3cc(N4CCOCC4)ccc23)cc1C(C)c1ccc2nccn2n1. The molecule has 2 aromatic carbocycles. The maximum absolute atomic E-state index is 15.3. The minimum absolute atomic E-state index is 0.0397. The number of fused-ring (bicyclic) bond motifs is 2. The minimum Gasteiger partial charge on any atom is -0.378 e. The third-order valence-electron chi connectivity index (χ3n) is 6.79. The molecule has 0 aliphatic carbocycles. The van der Waals surface area contributed by atoms with E-state index in [0.717, 1.165) is 52.1 Å². The quantitative estimate of drug-likeness (QED) is 0.378. The summed E-state index contributed by atoms with van der Waals surface area (Å²) in [5, 5.41) is 5.53. The highest BCUT2D eigenvalue weighted by atomic mass is 19.1. The average molecular weight is 469 g/mol. The fraction of sp³-hybridized carbons (Fsp3) is 0.259. The zero-order valence-corrected chi connectivity index (χ0v) is 19.6. The van der Waals surface area contributed by atoms with Gasteiger partial charge in [0.2, 0.25) is 0 Å². The second-order valence-electron chi connectivity index (χ2n) is 8.92. The molecule has 0 saturated carbocycles. The minimum atomic E-state index is -0.297. The van der Waals surface area contributed by atoms with Crippen molar-refractivity contribution in [2.45, 2.75) is 19.8 Å². The van der Waals surface area contributed by atoms with E-state index in [1.54, 1.807) is 16.8 Å². The molecule has 7 nitrogen and oxygen atoms in total. The second-order valence-corrected chi connectivity index (χ2v) is 8.92. The molecule has 176 valence electrons. The van der Waals surface area contributed by atoms with Gasteiger partial charge in [0.25, 0.3) is 0 Å². The van der Waals surface area contributed by atoms with Crippen molar-refractivity contribution in [3.05, 3.63) is 83.8 Å². The van der Waals surface area contributed by atoms with Gasteiger partial charge in [-0.3, -0.25) is 0 Å². The Kier molecular flexibility index (Phi) is 5.37. The molecule has 1 fully saturated rings. The first-order chi connectivity index (χ1) is 17.1. The summed E-state index contributed by atoms with van der Waals surface area (Å²) in [4.78, 5) is 15.5. The van der Waals surface area contributed by atoms with E-state index in [1.807, 2.05) is 43.5 Å². The van der Waals surface area contributed by atoms with Crippen LogP contribution in [0.25, 0.3) is 27.8 Å². The molecule has 1 atom stereocenters. The monoisotopic (exact) mass is 468 g/mol. The Bertz CT molecular complexity index is 1540. The van der Waals surface area contributed by atoms with Crippen LogP contribution in [0, 0.1) is 12.7 Å². The van der Waals surface area contributed by atoms with E-state index in [9.17, 15) is 0 Å². The number of hydrogen-bond acceptors (Lipinski definition) is 6. The molecule has 0 spiro atoms. The van der Waals surface area contributed by atoms with Crippen molar-refractivity contribution in [1.82, 2.24) is 24.6 Å². The van der Waals surface area contributed by atoms with Crippen LogP contribution in [0.2, 0.25) is 0 Å². The van der Waals surface area contributed by atoms with Gasteiger partial charge in [0.1, 0.15) is 12.1 Å². The Morgan fingerprint density at radius 2 is 1.86 bits per heavy atom. The highest BCUT2D eigenvalue weighted by Gasteiger charge is 2.20. The summed E-state index contributed by atoms with van der Waals surface area (Å²) in [7, 11) is 0. The summed E-state index contributed by atoms with van der Waals surface area (Å²) in [6, 6.07) is 13.5. The molecule has 3 aromatic heterocycles. The normalized spacial score (nSPS) is 15.1. The van der Waals surface area contributed by atoms with Gasteiger partial charge in [-0.2, -0.15) is 5.10 Å². The van der Waals surface area contributed by atoms with E-state index in [1.165, 1.54) is 6.33 Å². The van der Waals surface area contributed by atoms with E-state index in [0.29, 0.717) is 24.5 Å². The van der Waals surface area contributed by atoms with E-state index in [4.69, 9.17) is 9.84 Å². The van der Waals surface area contributed by atoms with Crippen molar-refractivity contribution in [1.29, 1.82) is 0 Å². The van der Waals surface area contributed by atoms with Gasteiger partial charge in [-0.15, -0.1) is 0 Å². The first-order valence-electron chi connectivity index (χ1n) is 11.8. The van der Waals surface area contributed by atoms with Crippen molar-refractivity contribution in [3.8, 4) is 11.3 Å². The summed E-state index contributed by atoms with van der Waals surface area (Å²) >= 11 is 0. The number of rotatable bonds is 4. The first kappa shape index (κ1) is 21.6. The molecule has 0 amide bonds. The van der Waals surface area contributed by atoms with Crippen LogP contribution in [-0.2, 0) is 4.74 Å². The third-order valence-corrected chi connectivity index (χ3v) is 6.79. The number of ether oxygens (including phenoxy) is 1. The first-order valence-corrected chi connectivity index (χ1v) is 11.8. The molecular weight excluding hydrogens is 443 g/mol. The van der Waals surface area contributed by atoms with Gasteiger partial charge < -0.3 is 9.64 Å². The predicted molar refractivity (Wildman–Crippen MR) is 133 cm³/mol. The van der Waals surface area contributed by atoms with Gasteiger partial charge in [-0.05, 0) is 60.5 Å². The lowest BCUT2D eigenvalue weighted by atomic mass is 9.90. The largest absolute Gasteiger partial charge is 0.378 e. The van der Waals surface area contributed by atoms with Crippen molar-refractivity contribution in [2.24, 2.45) is 0 Å². The Hall–Kier alpha value is -3.91. The van der Waals surface area contributed by atoms with Crippen LogP contribution in [0.15, 0.2) is 61.2 Å². The lowest BCUT2D eigenvalue weighted by molar-refractivity contribution is 0.122. The highest BCUT2D eigenvalue weighted by molar-refractivity contribution is 5.94. The molecule has 1 saturated heterocycles. The van der Waals surface area contributed by atoms with Gasteiger partial charge in [0.05, 0.1) is 30.1 Å². The second kappa shape index (κ2) is 8.70. The van der Waals surface area contributed by atoms with Crippen molar-refractivity contribution >= 4 is 22.2 Å². The molecule has 4 heterocycles. The van der Waals surface area contributed by atoms with Gasteiger partial charge in [-0.25, -0.2) is 23.9 Å². The zero-order chi connectivity index (χ0) is 23.9. The standard InChI is InChI=1S/C27H25FN6O/c1-17-13-23(28)22(15-21(17)18(2)24-5-6-26-29-7-8-34(26)32-24)27-20-4-3-19(14-25(20)30-16-31-27)33-9-11-35-12-10-33/h3-8,13-16,18H,9-12H2,1-2H3.